The molecule has 2 aliphatic carbocycles. The lowest BCUT2D eigenvalue weighted by Gasteiger charge is -2.30. The largest absolute Gasteiger partial charge is 0.495 e. The van der Waals surface area contributed by atoms with E-state index >= 15 is 0 Å². The molecule has 2 aliphatic heterocycles. The Morgan fingerprint density at radius 2 is 1.84 bits per heavy atom. The van der Waals surface area contributed by atoms with E-state index in [1.807, 2.05) is 18.2 Å². The quantitative estimate of drug-likeness (QED) is 0.201. The van der Waals surface area contributed by atoms with Gasteiger partial charge in [0, 0.05) is 35.9 Å². The molecule has 1 unspecified atom stereocenters. The van der Waals surface area contributed by atoms with Gasteiger partial charge in [-0.25, -0.2) is 13.4 Å². The summed E-state index contributed by atoms with van der Waals surface area (Å²) in [6, 6.07) is 9.50. The molecular weight excluding hydrogens is 786 g/mol. The van der Waals surface area contributed by atoms with Gasteiger partial charge in [-0.05, 0) is 83.6 Å². The summed E-state index contributed by atoms with van der Waals surface area (Å²) in [5.41, 5.74) is -0.849. The normalized spacial score (nSPS) is 26.0. The maximum absolute atomic E-state index is 14.7. The first-order valence-corrected chi connectivity index (χ1v) is 21.8. The van der Waals surface area contributed by atoms with E-state index in [-0.39, 0.29) is 30.8 Å². The Balaban J connectivity index is 1.24. The van der Waals surface area contributed by atoms with Crippen LogP contribution in [0.5, 0.6) is 11.5 Å². The van der Waals surface area contributed by atoms with Crippen LogP contribution in [0.4, 0.5) is 0 Å². The molecular formula is C42H50ClN5O9S. The molecule has 1 saturated heterocycles. The number of carbonyl (C=O) groups is 4. The molecule has 4 aliphatic rings. The number of rotatable bonds is 9. The van der Waals surface area contributed by atoms with E-state index in [0.29, 0.717) is 65.9 Å². The van der Waals surface area contributed by atoms with Crippen LogP contribution < -0.4 is 19.5 Å². The number of pyridine rings is 2. The molecule has 3 aromatic rings. The zero-order valence-corrected chi connectivity index (χ0v) is 34.7. The first-order valence-electron chi connectivity index (χ1n) is 19.9. The van der Waals surface area contributed by atoms with Crippen molar-refractivity contribution in [3.8, 4) is 22.9 Å². The van der Waals surface area contributed by atoms with Crippen LogP contribution in [0, 0.1) is 11.8 Å². The second-order valence-corrected chi connectivity index (χ2v) is 19.0. The number of sulfonamides is 1. The van der Waals surface area contributed by atoms with Crippen LogP contribution >= 0.6 is 11.6 Å². The highest BCUT2D eigenvalue weighted by Gasteiger charge is 2.62. The highest BCUT2D eigenvalue weighted by molar-refractivity contribution is 7.91. The monoisotopic (exact) mass is 835 g/mol. The standard InChI is InChI=1S/C42H50ClN5O9S/c1-41(2,3)57-35(49)20-25-12-8-6-5-7-9-13-26-23-42(26,40(52)47-58(53,54)28-15-16-28)46-38(50)32-21-27(24-48(32)39(25)51)56-34-22-31(30-14-10-11-19-44-30)45-37-29(34)17-18-33(55-4)36(37)43/h9-11,13-14,17-19,22,25-28,32H,5-8,12,15-16,20-21,23-24H2,1-4H3,(H,46,50)(H,47,52)/b13-9-/t25-,26?,27-,32+,42-/m1/s1. The summed E-state index contributed by atoms with van der Waals surface area (Å²) in [4.78, 5) is 67.0. The number of methoxy groups -OCH3 is 1. The van der Waals surface area contributed by atoms with Gasteiger partial charge in [-0.2, -0.15) is 0 Å². The molecule has 3 fully saturated rings. The van der Waals surface area contributed by atoms with Gasteiger partial charge in [0.25, 0.3) is 5.91 Å². The average Bonchev–Trinajstić information content (AvgIpc) is 4.10. The molecule has 0 bridgehead atoms. The molecule has 58 heavy (non-hydrogen) atoms. The van der Waals surface area contributed by atoms with Crippen LogP contribution in [0.1, 0.15) is 85.0 Å². The Morgan fingerprint density at radius 1 is 1.05 bits per heavy atom. The van der Waals surface area contributed by atoms with Crippen molar-refractivity contribution < 1.29 is 41.8 Å². The van der Waals surface area contributed by atoms with Crippen molar-refractivity contribution in [3.05, 3.63) is 59.8 Å². The zero-order chi connectivity index (χ0) is 41.4. The third-order valence-corrected chi connectivity index (χ3v) is 13.3. The van der Waals surface area contributed by atoms with Crippen LogP contribution in [0.2, 0.25) is 5.02 Å². The van der Waals surface area contributed by atoms with E-state index in [1.54, 1.807) is 57.3 Å². The first-order chi connectivity index (χ1) is 27.6. The molecule has 310 valence electrons. The van der Waals surface area contributed by atoms with Gasteiger partial charge in [0.15, 0.2) is 0 Å². The lowest BCUT2D eigenvalue weighted by Crippen LogP contribution is -2.57. The number of nitrogens with zero attached hydrogens (tertiary/aromatic N) is 3. The summed E-state index contributed by atoms with van der Waals surface area (Å²) in [5.74, 6) is -2.79. The van der Waals surface area contributed by atoms with E-state index in [4.69, 9.17) is 30.8 Å². The average molecular weight is 836 g/mol. The molecule has 0 spiro atoms. The van der Waals surface area contributed by atoms with Gasteiger partial charge in [-0.3, -0.25) is 28.9 Å². The zero-order valence-electron chi connectivity index (χ0n) is 33.2. The minimum atomic E-state index is -3.91. The molecule has 4 heterocycles. The molecule has 2 N–H and O–H groups in total. The van der Waals surface area contributed by atoms with E-state index in [0.717, 1.165) is 12.8 Å². The number of hydrogen-bond donors (Lipinski definition) is 2. The lowest BCUT2D eigenvalue weighted by molar-refractivity contribution is -0.159. The second-order valence-electron chi connectivity index (χ2n) is 16.7. The van der Waals surface area contributed by atoms with Crippen LogP contribution in [0.3, 0.4) is 0 Å². The fourth-order valence-corrected chi connectivity index (χ4v) is 9.50. The minimum Gasteiger partial charge on any atom is -0.495 e. The van der Waals surface area contributed by atoms with Gasteiger partial charge in [0.2, 0.25) is 21.8 Å². The molecule has 1 aromatic carbocycles. The Kier molecular flexibility index (Phi) is 11.8. The van der Waals surface area contributed by atoms with Crippen LogP contribution in [0.25, 0.3) is 22.3 Å². The number of carbonyl (C=O) groups excluding carboxylic acids is 4. The number of hydrogen-bond acceptors (Lipinski definition) is 11. The minimum absolute atomic E-state index is 0.0209. The number of aromatic nitrogens is 2. The van der Waals surface area contributed by atoms with Crippen molar-refractivity contribution >= 4 is 56.2 Å². The highest BCUT2D eigenvalue weighted by atomic mass is 35.5. The Morgan fingerprint density at radius 3 is 2.55 bits per heavy atom. The summed E-state index contributed by atoms with van der Waals surface area (Å²) in [5, 5.41) is 3.09. The topological polar surface area (TPSA) is 183 Å². The number of benzene rings is 1. The van der Waals surface area contributed by atoms with Crippen LogP contribution in [-0.4, -0.2) is 89.2 Å². The van der Waals surface area contributed by atoms with Crippen LogP contribution in [0.15, 0.2) is 54.7 Å². The first kappa shape index (κ1) is 41.4. The predicted molar refractivity (Wildman–Crippen MR) is 216 cm³/mol. The number of amides is 3. The number of ether oxygens (including phenoxy) is 3. The molecule has 16 heteroatoms. The molecule has 7 rings (SSSR count). The summed E-state index contributed by atoms with van der Waals surface area (Å²) in [6.07, 6.45) is 9.05. The van der Waals surface area contributed by atoms with Crippen molar-refractivity contribution in [1.29, 1.82) is 0 Å². The van der Waals surface area contributed by atoms with Crippen molar-refractivity contribution in [2.45, 2.75) is 114 Å². The van der Waals surface area contributed by atoms with Gasteiger partial charge >= 0.3 is 5.97 Å². The molecule has 0 radical (unpaired) electrons. The molecule has 5 atom stereocenters. The van der Waals surface area contributed by atoms with Gasteiger partial charge in [-0.15, -0.1) is 0 Å². The van der Waals surface area contributed by atoms with E-state index in [9.17, 15) is 27.6 Å². The van der Waals surface area contributed by atoms with Gasteiger partial charge in [0.05, 0.1) is 42.2 Å². The SMILES string of the molecule is COc1ccc2c(O[C@@H]3C[C@H]4C(=O)N[C@]5(C(=O)NS(=O)(=O)C6CC6)CC5/C=C\CCCCC[C@H](CC(=O)OC(C)(C)C)C(=O)N4C3)cc(-c3ccccn3)nc2c1Cl. The third kappa shape index (κ3) is 9.10. The van der Waals surface area contributed by atoms with Gasteiger partial charge < -0.3 is 24.4 Å². The lowest BCUT2D eigenvalue weighted by atomic mass is 9.95. The maximum atomic E-state index is 14.7. The fourth-order valence-electron chi connectivity index (χ4n) is 7.85. The molecule has 14 nitrogen and oxygen atoms in total. The predicted octanol–water partition coefficient (Wildman–Crippen LogP) is 5.66. The number of allylic oxidation sites excluding steroid dienone is 1. The Labute approximate surface area is 343 Å². The van der Waals surface area contributed by atoms with Gasteiger partial charge in [0.1, 0.15) is 39.8 Å². The second kappa shape index (κ2) is 16.5. The molecule has 2 saturated carbocycles. The van der Waals surface area contributed by atoms with E-state index < -0.39 is 74.1 Å². The fraction of sp³-hybridized carbons (Fsp3) is 0.524. The highest BCUT2D eigenvalue weighted by Crippen LogP contribution is 2.46. The van der Waals surface area contributed by atoms with Crippen molar-refractivity contribution in [3.63, 3.8) is 0 Å². The summed E-state index contributed by atoms with van der Waals surface area (Å²) >= 11 is 6.79. The molecule has 2 aromatic heterocycles. The maximum Gasteiger partial charge on any atom is 0.307 e. The Bertz CT molecular complexity index is 2230. The van der Waals surface area contributed by atoms with Crippen molar-refractivity contribution in [2.75, 3.05) is 13.7 Å². The van der Waals surface area contributed by atoms with E-state index in [1.165, 1.54) is 12.0 Å². The summed E-state index contributed by atoms with van der Waals surface area (Å²) < 4.78 is 45.9. The smallest absolute Gasteiger partial charge is 0.307 e. The summed E-state index contributed by atoms with van der Waals surface area (Å²) in [6.45, 7) is 5.26. The number of halogens is 1. The van der Waals surface area contributed by atoms with E-state index in [2.05, 4.69) is 15.0 Å². The number of nitrogens with one attached hydrogen (secondary N) is 2. The Hall–Kier alpha value is -4.76. The number of esters is 1. The van der Waals surface area contributed by atoms with Crippen molar-refractivity contribution in [1.82, 2.24) is 24.9 Å². The number of fused-ring (bicyclic) bond motifs is 3. The third-order valence-electron chi connectivity index (χ3n) is 11.1. The van der Waals surface area contributed by atoms with Crippen molar-refractivity contribution in [2.24, 2.45) is 11.8 Å². The van der Waals surface area contributed by atoms with Crippen LogP contribution in [-0.2, 0) is 33.9 Å². The molecule has 3 amide bonds. The van der Waals surface area contributed by atoms with Gasteiger partial charge in [-0.1, -0.05) is 42.7 Å². The summed E-state index contributed by atoms with van der Waals surface area (Å²) in [7, 11) is -2.41.